The summed E-state index contributed by atoms with van der Waals surface area (Å²) in [5, 5.41) is 8.86. The molecule has 0 fully saturated rings. The third-order valence-electron chi connectivity index (χ3n) is 2.48. The molecule has 0 heterocycles. The van der Waals surface area contributed by atoms with Crippen LogP contribution in [0.2, 0.25) is 0 Å². The molecule has 1 nitrogen and oxygen atoms in total. The normalized spacial score (nSPS) is 16.7. The molecule has 2 atom stereocenters. The zero-order valence-corrected chi connectivity index (χ0v) is 8.77. The fraction of sp³-hybridized carbons (Fsp3) is 1.00. The number of halogens is 3. The zero-order chi connectivity index (χ0) is 11.2. The highest BCUT2D eigenvalue weighted by molar-refractivity contribution is 4.70. The molecule has 86 valence electrons. The number of rotatable bonds is 6. The van der Waals surface area contributed by atoms with Crippen LogP contribution in [0.25, 0.3) is 0 Å². The molecule has 2 unspecified atom stereocenters. The van der Waals surface area contributed by atoms with Crippen molar-refractivity contribution < 1.29 is 18.3 Å². The summed E-state index contributed by atoms with van der Waals surface area (Å²) < 4.78 is 36.1. The Morgan fingerprint density at radius 3 is 2.14 bits per heavy atom. The van der Waals surface area contributed by atoms with E-state index in [4.69, 9.17) is 5.11 Å². The molecule has 0 aromatic rings. The minimum Gasteiger partial charge on any atom is -0.384 e. The molecule has 0 radical (unpaired) electrons. The summed E-state index contributed by atoms with van der Waals surface area (Å²) in [5.74, 6) is -0.00780. The predicted octanol–water partition coefficient (Wildman–Crippen LogP) is 3.52. The topological polar surface area (TPSA) is 20.2 Å². The van der Waals surface area contributed by atoms with E-state index in [0.717, 1.165) is 19.3 Å². The third kappa shape index (κ3) is 5.47. The Hall–Kier alpha value is -0.250. The molecule has 0 aliphatic carbocycles. The van der Waals surface area contributed by atoms with Gasteiger partial charge in [0, 0.05) is 0 Å². The van der Waals surface area contributed by atoms with Crippen LogP contribution in [0.1, 0.15) is 46.0 Å². The van der Waals surface area contributed by atoms with Gasteiger partial charge < -0.3 is 5.11 Å². The van der Waals surface area contributed by atoms with Gasteiger partial charge in [-0.2, -0.15) is 13.2 Å². The number of aliphatic hydroxyl groups is 1. The molecule has 0 aliphatic heterocycles. The first-order chi connectivity index (χ1) is 6.41. The van der Waals surface area contributed by atoms with E-state index in [1.807, 2.05) is 13.8 Å². The second-order valence-corrected chi connectivity index (χ2v) is 3.71. The lowest BCUT2D eigenvalue weighted by atomic mass is 9.93. The van der Waals surface area contributed by atoms with Gasteiger partial charge in [-0.1, -0.05) is 39.5 Å². The van der Waals surface area contributed by atoms with Crippen LogP contribution in [0.15, 0.2) is 0 Å². The number of aliphatic hydroxyl groups excluding tert-OH is 1. The van der Waals surface area contributed by atoms with Crippen LogP contribution in [0.3, 0.4) is 0 Å². The van der Waals surface area contributed by atoms with Crippen LogP contribution >= 0.6 is 0 Å². The molecule has 0 aromatic carbocycles. The second kappa shape index (κ2) is 6.27. The zero-order valence-electron chi connectivity index (χ0n) is 8.77. The van der Waals surface area contributed by atoms with Crippen LogP contribution in [0.5, 0.6) is 0 Å². The maximum atomic E-state index is 12.0. The van der Waals surface area contributed by atoms with Gasteiger partial charge in [-0.3, -0.25) is 0 Å². The standard InChI is InChI=1S/C10H19F3O/c1-3-5-6-8(4-2)7-9(14)10(11,12)13/h8-9,14H,3-7H2,1-2H3. The summed E-state index contributed by atoms with van der Waals surface area (Å²) in [5.41, 5.74) is 0. The van der Waals surface area contributed by atoms with E-state index in [2.05, 4.69) is 0 Å². The Bertz CT molecular complexity index is 145. The van der Waals surface area contributed by atoms with Crippen molar-refractivity contribution in [3.63, 3.8) is 0 Å². The lowest BCUT2D eigenvalue weighted by Gasteiger charge is -2.20. The molecule has 0 aliphatic rings. The van der Waals surface area contributed by atoms with E-state index in [1.54, 1.807) is 0 Å². The first kappa shape index (κ1) is 13.8. The average Bonchev–Trinajstić information content (AvgIpc) is 2.10. The minimum atomic E-state index is -4.46. The fourth-order valence-electron chi connectivity index (χ4n) is 1.43. The smallest absolute Gasteiger partial charge is 0.384 e. The fourth-order valence-corrected chi connectivity index (χ4v) is 1.43. The van der Waals surface area contributed by atoms with Crippen molar-refractivity contribution in [3.05, 3.63) is 0 Å². The monoisotopic (exact) mass is 212 g/mol. The van der Waals surface area contributed by atoms with Crippen LogP contribution in [0.4, 0.5) is 13.2 Å². The van der Waals surface area contributed by atoms with Gasteiger partial charge in [0.2, 0.25) is 0 Å². The number of unbranched alkanes of at least 4 members (excludes halogenated alkanes) is 1. The predicted molar refractivity (Wildman–Crippen MR) is 50.0 cm³/mol. The molecule has 1 N–H and O–H groups in total. The van der Waals surface area contributed by atoms with Gasteiger partial charge in [-0.05, 0) is 12.3 Å². The molecular formula is C10H19F3O. The quantitative estimate of drug-likeness (QED) is 0.714. The number of hydrogen-bond acceptors (Lipinski definition) is 1. The van der Waals surface area contributed by atoms with E-state index < -0.39 is 12.3 Å². The summed E-state index contributed by atoms with van der Waals surface area (Å²) in [6.07, 6.45) is -3.36. The van der Waals surface area contributed by atoms with E-state index in [-0.39, 0.29) is 12.3 Å². The summed E-state index contributed by atoms with van der Waals surface area (Å²) >= 11 is 0. The minimum absolute atomic E-state index is 0.00780. The average molecular weight is 212 g/mol. The summed E-state index contributed by atoms with van der Waals surface area (Å²) in [6, 6.07) is 0. The van der Waals surface area contributed by atoms with Gasteiger partial charge >= 0.3 is 6.18 Å². The highest BCUT2D eigenvalue weighted by Gasteiger charge is 2.38. The van der Waals surface area contributed by atoms with Crippen molar-refractivity contribution in [2.45, 2.75) is 58.2 Å². The van der Waals surface area contributed by atoms with Gasteiger partial charge in [-0.15, -0.1) is 0 Å². The van der Waals surface area contributed by atoms with Gasteiger partial charge in [0.15, 0.2) is 0 Å². The van der Waals surface area contributed by atoms with Gasteiger partial charge in [0.05, 0.1) is 0 Å². The van der Waals surface area contributed by atoms with Crippen molar-refractivity contribution in [3.8, 4) is 0 Å². The number of hydrogen-bond donors (Lipinski definition) is 1. The molecule has 0 bridgehead atoms. The van der Waals surface area contributed by atoms with Crippen molar-refractivity contribution in [2.75, 3.05) is 0 Å². The Morgan fingerprint density at radius 2 is 1.79 bits per heavy atom. The summed E-state index contributed by atoms with van der Waals surface area (Å²) in [4.78, 5) is 0. The first-order valence-corrected chi connectivity index (χ1v) is 5.16. The Kier molecular flexibility index (Phi) is 6.16. The second-order valence-electron chi connectivity index (χ2n) is 3.71. The van der Waals surface area contributed by atoms with Crippen molar-refractivity contribution in [1.29, 1.82) is 0 Å². The maximum absolute atomic E-state index is 12.0. The molecule has 0 saturated heterocycles. The lowest BCUT2D eigenvalue weighted by molar-refractivity contribution is -0.208. The van der Waals surface area contributed by atoms with Crippen LogP contribution in [-0.2, 0) is 0 Å². The van der Waals surface area contributed by atoms with Crippen molar-refractivity contribution >= 4 is 0 Å². The highest BCUT2D eigenvalue weighted by atomic mass is 19.4. The van der Waals surface area contributed by atoms with Crippen molar-refractivity contribution in [2.24, 2.45) is 5.92 Å². The molecule has 0 aromatic heterocycles. The lowest BCUT2D eigenvalue weighted by Crippen LogP contribution is -2.30. The van der Waals surface area contributed by atoms with Gasteiger partial charge in [0.25, 0.3) is 0 Å². The Labute approximate surface area is 83.3 Å². The van der Waals surface area contributed by atoms with E-state index in [9.17, 15) is 13.2 Å². The van der Waals surface area contributed by atoms with Crippen LogP contribution in [0, 0.1) is 5.92 Å². The number of alkyl halides is 3. The van der Waals surface area contributed by atoms with Crippen molar-refractivity contribution in [1.82, 2.24) is 0 Å². The molecular weight excluding hydrogens is 193 g/mol. The van der Waals surface area contributed by atoms with E-state index in [0.29, 0.717) is 6.42 Å². The largest absolute Gasteiger partial charge is 0.414 e. The van der Waals surface area contributed by atoms with Gasteiger partial charge in [0.1, 0.15) is 6.10 Å². The molecule has 0 saturated carbocycles. The molecule has 0 spiro atoms. The summed E-state index contributed by atoms with van der Waals surface area (Å²) in [6.45, 7) is 3.87. The summed E-state index contributed by atoms with van der Waals surface area (Å²) in [7, 11) is 0. The Morgan fingerprint density at radius 1 is 1.21 bits per heavy atom. The van der Waals surface area contributed by atoms with Crippen LogP contribution in [-0.4, -0.2) is 17.4 Å². The molecule has 4 heteroatoms. The third-order valence-corrected chi connectivity index (χ3v) is 2.48. The molecule has 0 rings (SSSR count). The van der Waals surface area contributed by atoms with E-state index in [1.165, 1.54) is 0 Å². The SMILES string of the molecule is CCCCC(CC)CC(O)C(F)(F)F. The van der Waals surface area contributed by atoms with E-state index >= 15 is 0 Å². The highest BCUT2D eigenvalue weighted by Crippen LogP contribution is 2.28. The first-order valence-electron chi connectivity index (χ1n) is 5.16. The maximum Gasteiger partial charge on any atom is 0.414 e. The van der Waals surface area contributed by atoms with Gasteiger partial charge in [-0.25, -0.2) is 0 Å². The van der Waals surface area contributed by atoms with Crippen LogP contribution < -0.4 is 0 Å². The molecule has 14 heavy (non-hydrogen) atoms. The molecule has 0 amide bonds. The Balaban J connectivity index is 3.92.